The maximum absolute atomic E-state index is 10.2. The van der Waals surface area contributed by atoms with Gasteiger partial charge in [-0.25, -0.2) is 0 Å². The van der Waals surface area contributed by atoms with Crippen LogP contribution in [0.25, 0.3) is 0 Å². The van der Waals surface area contributed by atoms with Crippen LogP contribution in [0.2, 0.25) is 0 Å². The van der Waals surface area contributed by atoms with Crippen LogP contribution in [0.4, 0.5) is 0 Å². The molecule has 0 rings (SSSR count). The van der Waals surface area contributed by atoms with E-state index in [0.717, 1.165) is 6.42 Å². The average molecular weight is 160 g/mol. The second-order valence-corrected chi connectivity index (χ2v) is 4.66. The molecule has 0 aliphatic rings. The monoisotopic (exact) mass is 160 g/mol. The van der Waals surface area contributed by atoms with Gasteiger partial charge in [-0.3, -0.25) is 8.42 Å². The molecule has 0 bridgehead atoms. The smallest absolute Gasteiger partial charge is 0.649 e. The molecule has 0 aliphatic carbocycles. The first-order valence-electron chi connectivity index (χ1n) is 2.50. The van der Waals surface area contributed by atoms with E-state index in [4.69, 9.17) is 0 Å². The molecular weight excluding hydrogens is 151 g/mol. The van der Waals surface area contributed by atoms with Crippen molar-refractivity contribution in [3.8, 4) is 0 Å². The summed E-state index contributed by atoms with van der Waals surface area (Å²) in [6, 6.07) is 0. The molecule has 0 unspecified atom stereocenters. The van der Waals surface area contributed by atoms with Crippen LogP contribution in [0.5, 0.6) is 0 Å². The van der Waals surface area contributed by atoms with Crippen molar-refractivity contribution in [1.82, 2.24) is 0 Å². The van der Waals surface area contributed by atoms with Crippen molar-refractivity contribution in [3.63, 3.8) is 0 Å². The van der Waals surface area contributed by atoms with E-state index in [-0.39, 0.29) is 24.6 Å². The molecule has 9 heavy (non-hydrogen) atoms. The number of hydrogen-bond donors (Lipinski definition) is 0. The van der Waals surface area contributed by atoms with Gasteiger partial charge in [-0.1, -0.05) is 13.3 Å². The molecule has 0 aliphatic heterocycles. The van der Waals surface area contributed by atoms with Gasteiger partial charge in [0, 0.05) is 14.6 Å². The molecule has 0 atom stereocenters. The maximum Gasteiger partial charge on any atom is 1.00 e. The van der Waals surface area contributed by atoms with E-state index in [1.54, 1.807) is 0 Å². The first-order chi connectivity index (χ1) is 3.56. The summed E-state index contributed by atoms with van der Waals surface area (Å²) in [6.45, 7) is 1.93. The first kappa shape index (κ1) is 12.6. The van der Waals surface area contributed by atoms with Crippen LogP contribution in [0.15, 0.2) is 0 Å². The second kappa shape index (κ2) is 5.66. The van der Waals surface area contributed by atoms with Gasteiger partial charge >= 0.3 is 18.9 Å². The Balaban J connectivity index is 0. The predicted molar refractivity (Wildman–Crippen MR) is 36.1 cm³/mol. The van der Waals surface area contributed by atoms with Crippen LogP contribution in [0.1, 0.15) is 19.8 Å². The van der Waals surface area contributed by atoms with E-state index >= 15 is 0 Å². The Morgan fingerprint density at radius 2 is 1.89 bits per heavy atom. The van der Waals surface area contributed by atoms with Crippen LogP contribution >= 0.6 is 0 Å². The fraction of sp³-hybridized carbons (Fsp3) is 1.00. The Bertz CT molecular complexity index is 141. The Labute approximate surface area is 73.3 Å². The number of hydrogen-bond acceptors (Lipinski definition) is 3. The van der Waals surface area contributed by atoms with Gasteiger partial charge in [-0.2, -0.15) is 0 Å². The second-order valence-electron chi connectivity index (χ2n) is 1.62. The molecule has 0 aromatic rings. The van der Waals surface area contributed by atoms with Crippen molar-refractivity contribution < 1.29 is 27.3 Å². The van der Waals surface area contributed by atoms with Gasteiger partial charge in [0.2, 0.25) is 0 Å². The van der Waals surface area contributed by atoms with Crippen molar-refractivity contribution in [2.24, 2.45) is 0 Å². The molecule has 2 nitrogen and oxygen atoms in total. The summed E-state index contributed by atoms with van der Waals surface area (Å²) >= 11 is 4.12. The summed E-state index contributed by atoms with van der Waals surface area (Å²) in [7, 11) is -3.10. The van der Waals surface area contributed by atoms with E-state index in [2.05, 4.69) is 11.7 Å². The minimum absolute atomic E-state index is 0. The summed E-state index contributed by atoms with van der Waals surface area (Å²) in [4.78, 5) is 0. The van der Waals surface area contributed by atoms with Crippen molar-refractivity contribution >= 4 is 20.5 Å². The van der Waals surface area contributed by atoms with E-state index in [0.29, 0.717) is 6.42 Å². The Morgan fingerprint density at radius 3 is 2.00 bits per heavy atom. The fourth-order valence-electron chi connectivity index (χ4n) is 0.321. The van der Waals surface area contributed by atoms with Gasteiger partial charge in [0.05, 0.1) is 0 Å². The van der Waals surface area contributed by atoms with Gasteiger partial charge in [-0.15, -0.1) is 0 Å². The summed E-state index contributed by atoms with van der Waals surface area (Å²) in [5, 5.41) is 0. The van der Waals surface area contributed by atoms with Gasteiger partial charge in [0.15, 0.2) is 0 Å². The van der Waals surface area contributed by atoms with Gasteiger partial charge < -0.3 is 11.7 Å². The average Bonchev–Trinajstić information content (AvgIpc) is 1.59. The quantitative estimate of drug-likeness (QED) is 0.264. The van der Waals surface area contributed by atoms with E-state index in [1.807, 2.05) is 6.92 Å². The zero-order valence-electron chi connectivity index (χ0n) is 5.75. The third kappa shape index (κ3) is 12.2. The van der Waals surface area contributed by atoms with Crippen LogP contribution in [0, 0.1) is 0 Å². The molecule has 50 valence electrons. The molecule has 0 saturated carbocycles. The van der Waals surface area contributed by atoms with Crippen molar-refractivity contribution in [1.29, 1.82) is 0 Å². The summed E-state index contributed by atoms with van der Waals surface area (Å²) in [5.74, 6) is 0.152. The molecule has 0 amide bonds. The SMILES string of the molecule is CCCCS(=O)(=O)[S-].[Li+]. The summed E-state index contributed by atoms with van der Waals surface area (Å²) in [6.07, 6.45) is 1.57. The van der Waals surface area contributed by atoms with Crippen LogP contribution in [-0.4, -0.2) is 14.2 Å². The van der Waals surface area contributed by atoms with Crippen LogP contribution in [-0.2, 0) is 20.5 Å². The Kier molecular flexibility index (Phi) is 7.91. The number of rotatable bonds is 3. The molecule has 0 fully saturated rings. The standard InChI is InChI=1S/C4H10O2S2.Li/c1-2-3-4-8(5,6)7;/h2-4H2,1H3,(H,5,6,7);/q;+1/p-1. The third-order valence-electron chi connectivity index (χ3n) is 0.748. The first-order valence-corrected chi connectivity index (χ1v) is 5.07. The molecule has 0 heterocycles. The fourth-order valence-corrected chi connectivity index (χ4v) is 1.32. The minimum Gasteiger partial charge on any atom is -0.649 e. The van der Waals surface area contributed by atoms with E-state index in [9.17, 15) is 8.42 Å². The largest absolute Gasteiger partial charge is 1.00 e. The maximum atomic E-state index is 10.2. The predicted octanol–water partition coefficient (Wildman–Crippen LogP) is -2.33. The number of unbranched alkanes of at least 4 members (excludes halogenated alkanes) is 1. The van der Waals surface area contributed by atoms with Gasteiger partial charge in [0.1, 0.15) is 0 Å². The van der Waals surface area contributed by atoms with Crippen molar-refractivity contribution in [3.05, 3.63) is 0 Å². The molecule has 5 heteroatoms. The summed E-state index contributed by atoms with van der Waals surface area (Å²) in [5.41, 5.74) is 0. The topological polar surface area (TPSA) is 34.1 Å². The Hall–Kier alpha value is 0.897. The molecular formula is C4H9LiO2S2. The van der Waals surface area contributed by atoms with Gasteiger partial charge in [-0.05, 0) is 6.42 Å². The third-order valence-corrected chi connectivity index (χ3v) is 2.04. The minimum atomic E-state index is -3.10. The molecule has 0 saturated heterocycles. The van der Waals surface area contributed by atoms with Crippen LogP contribution < -0.4 is 18.9 Å². The zero-order chi connectivity index (χ0) is 6.62. The molecule has 0 radical (unpaired) electrons. The van der Waals surface area contributed by atoms with Crippen molar-refractivity contribution in [2.45, 2.75) is 19.8 Å². The molecule has 0 aromatic heterocycles. The zero-order valence-corrected chi connectivity index (χ0v) is 7.39. The van der Waals surface area contributed by atoms with E-state index < -0.39 is 8.87 Å². The van der Waals surface area contributed by atoms with Crippen LogP contribution in [0.3, 0.4) is 0 Å². The molecule has 0 spiro atoms. The molecule has 0 N–H and O–H groups in total. The summed E-state index contributed by atoms with van der Waals surface area (Å²) < 4.78 is 20.4. The van der Waals surface area contributed by atoms with Crippen molar-refractivity contribution in [2.75, 3.05) is 5.75 Å². The van der Waals surface area contributed by atoms with E-state index in [1.165, 1.54) is 0 Å². The normalized spacial score (nSPS) is 10.4. The van der Waals surface area contributed by atoms with Gasteiger partial charge in [0.25, 0.3) is 0 Å². The molecule has 0 aromatic carbocycles. The Morgan fingerprint density at radius 1 is 1.44 bits per heavy atom.